The van der Waals surface area contributed by atoms with Crippen molar-refractivity contribution in [3.05, 3.63) is 59.7 Å². The highest BCUT2D eigenvalue weighted by atomic mass is 32.2. The van der Waals surface area contributed by atoms with E-state index in [-0.39, 0.29) is 22.8 Å². The van der Waals surface area contributed by atoms with Gasteiger partial charge in [0, 0.05) is 26.7 Å². The van der Waals surface area contributed by atoms with E-state index in [1.54, 1.807) is 12.1 Å². The predicted octanol–water partition coefficient (Wildman–Crippen LogP) is 4.03. The Bertz CT molecular complexity index is 1020. The average Bonchev–Trinajstić information content (AvgIpc) is 2.74. The molecule has 1 aliphatic rings. The SMILES string of the molecule is CN(Cc1ccc(OC(F)(F)F)cc1)C(=O)c1ccccc1S(=O)(=O)N1CCCCC1. The maximum absolute atomic E-state index is 13.1. The number of carbonyl (C=O) groups is 1. The first-order valence-corrected chi connectivity index (χ1v) is 11.2. The topological polar surface area (TPSA) is 66.9 Å². The second-order valence-electron chi connectivity index (χ2n) is 7.31. The lowest BCUT2D eigenvalue weighted by Crippen LogP contribution is -2.37. The van der Waals surface area contributed by atoms with Gasteiger partial charge in [-0.25, -0.2) is 8.42 Å². The summed E-state index contributed by atoms with van der Waals surface area (Å²) >= 11 is 0. The molecular formula is C21H23F3N2O4S. The van der Waals surface area contributed by atoms with Gasteiger partial charge in [-0.1, -0.05) is 30.7 Å². The van der Waals surface area contributed by atoms with Gasteiger partial charge in [-0.05, 0) is 42.7 Å². The molecule has 1 heterocycles. The van der Waals surface area contributed by atoms with E-state index >= 15 is 0 Å². The van der Waals surface area contributed by atoms with Gasteiger partial charge in [0.1, 0.15) is 5.75 Å². The molecule has 1 amide bonds. The number of rotatable bonds is 6. The van der Waals surface area contributed by atoms with E-state index < -0.39 is 22.3 Å². The molecular weight excluding hydrogens is 433 g/mol. The maximum atomic E-state index is 13.1. The Kier molecular flexibility index (Phi) is 6.90. The van der Waals surface area contributed by atoms with Crippen LogP contribution in [-0.2, 0) is 16.6 Å². The highest BCUT2D eigenvalue weighted by Gasteiger charge is 2.32. The third kappa shape index (κ3) is 5.76. The number of piperidine rings is 1. The number of sulfonamides is 1. The molecule has 10 heteroatoms. The molecule has 1 saturated heterocycles. The van der Waals surface area contributed by atoms with Crippen LogP contribution in [0.2, 0.25) is 0 Å². The van der Waals surface area contributed by atoms with E-state index in [9.17, 15) is 26.4 Å². The molecule has 31 heavy (non-hydrogen) atoms. The number of nitrogens with zero attached hydrogens (tertiary/aromatic N) is 2. The van der Waals surface area contributed by atoms with Gasteiger partial charge in [0.2, 0.25) is 10.0 Å². The quantitative estimate of drug-likeness (QED) is 0.658. The van der Waals surface area contributed by atoms with Crippen LogP contribution in [-0.4, -0.2) is 50.0 Å². The second kappa shape index (κ2) is 9.27. The molecule has 0 aliphatic carbocycles. The number of alkyl halides is 3. The second-order valence-corrected chi connectivity index (χ2v) is 9.22. The normalized spacial score (nSPS) is 15.5. The van der Waals surface area contributed by atoms with Crippen molar-refractivity contribution in [3.8, 4) is 5.75 Å². The zero-order valence-electron chi connectivity index (χ0n) is 16.9. The number of hydrogen-bond acceptors (Lipinski definition) is 4. The lowest BCUT2D eigenvalue weighted by atomic mass is 10.1. The zero-order chi connectivity index (χ0) is 22.6. The molecule has 0 bridgehead atoms. The maximum Gasteiger partial charge on any atom is 0.573 e. The van der Waals surface area contributed by atoms with Crippen LogP contribution in [0.3, 0.4) is 0 Å². The fraction of sp³-hybridized carbons (Fsp3) is 0.381. The number of ether oxygens (including phenoxy) is 1. The molecule has 2 aromatic carbocycles. The average molecular weight is 456 g/mol. The van der Waals surface area contributed by atoms with Crippen LogP contribution in [0, 0.1) is 0 Å². The Labute approximate surface area is 179 Å². The number of halogens is 3. The monoisotopic (exact) mass is 456 g/mol. The van der Waals surface area contributed by atoms with Crippen molar-refractivity contribution in [3.63, 3.8) is 0 Å². The molecule has 0 N–H and O–H groups in total. The molecule has 0 radical (unpaired) electrons. The van der Waals surface area contributed by atoms with E-state index in [0.29, 0.717) is 18.7 Å². The Morgan fingerprint density at radius 2 is 1.65 bits per heavy atom. The minimum absolute atomic E-state index is 0.0392. The molecule has 0 unspecified atom stereocenters. The lowest BCUT2D eigenvalue weighted by Gasteiger charge is -2.27. The lowest BCUT2D eigenvalue weighted by molar-refractivity contribution is -0.274. The highest BCUT2D eigenvalue weighted by Crippen LogP contribution is 2.26. The summed E-state index contributed by atoms with van der Waals surface area (Å²) in [6.07, 6.45) is -2.24. The molecule has 168 valence electrons. The summed E-state index contributed by atoms with van der Waals surface area (Å²) < 4.78 is 68.3. The molecule has 6 nitrogen and oxygen atoms in total. The van der Waals surface area contributed by atoms with Crippen molar-refractivity contribution in [2.75, 3.05) is 20.1 Å². The van der Waals surface area contributed by atoms with Crippen molar-refractivity contribution >= 4 is 15.9 Å². The molecule has 2 aromatic rings. The van der Waals surface area contributed by atoms with Crippen molar-refractivity contribution < 1.29 is 31.1 Å². The van der Waals surface area contributed by atoms with Gasteiger partial charge >= 0.3 is 6.36 Å². The summed E-state index contributed by atoms with van der Waals surface area (Å²) in [7, 11) is -2.30. The first-order valence-electron chi connectivity index (χ1n) is 9.77. The minimum Gasteiger partial charge on any atom is -0.406 e. The third-order valence-electron chi connectivity index (χ3n) is 4.97. The van der Waals surface area contributed by atoms with Crippen molar-refractivity contribution in [1.82, 2.24) is 9.21 Å². The van der Waals surface area contributed by atoms with E-state index in [2.05, 4.69) is 4.74 Å². The smallest absolute Gasteiger partial charge is 0.406 e. The van der Waals surface area contributed by atoms with Crippen LogP contribution in [0.4, 0.5) is 13.2 Å². The van der Waals surface area contributed by atoms with E-state index in [1.807, 2.05) is 0 Å². The number of carbonyl (C=O) groups excluding carboxylic acids is 1. The largest absolute Gasteiger partial charge is 0.573 e. The Morgan fingerprint density at radius 3 is 2.26 bits per heavy atom. The van der Waals surface area contributed by atoms with Crippen molar-refractivity contribution in [2.45, 2.75) is 37.1 Å². The zero-order valence-corrected chi connectivity index (χ0v) is 17.7. The molecule has 0 saturated carbocycles. The van der Waals surface area contributed by atoms with Crippen LogP contribution in [0.25, 0.3) is 0 Å². The summed E-state index contributed by atoms with van der Waals surface area (Å²) in [6, 6.07) is 11.2. The Balaban J connectivity index is 1.77. The molecule has 3 rings (SSSR count). The highest BCUT2D eigenvalue weighted by molar-refractivity contribution is 7.89. The minimum atomic E-state index is -4.78. The number of hydrogen-bond donors (Lipinski definition) is 0. The van der Waals surface area contributed by atoms with Crippen LogP contribution in [0.5, 0.6) is 5.75 Å². The van der Waals surface area contributed by atoms with Crippen LogP contribution in [0.15, 0.2) is 53.4 Å². The fourth-order valence-corrected chi connectivity index (χ4v) is 5.16. The molecule has 1 fully saturated rings. The first kappa shape index (κ1) is 23.1. The third-order valence-corrected chi connectivity index (χ3v) is 6.93. The molecule has 1 aliphatic heterocycles. The first-order chi connectivity index (χ1) is 14.6. The van der Waals surface area contributed by atoms with Crippen molar-refractivity contribution in [1.29, 1.82) is 0 Å². The molecule has 0 spiro atoms. The fourth-order valence-electron chi connectivity index (χ4n) is 3.46. The molecule has 0 atom stereocenters. The van der Waals surface area contributed by atoms with Gasteiger partial charge in [-0.2, -0.15) is 4.31 Å². The Morgan fingerprint density at radius 1 is 1.03 bits per heavy atom. The van der Waals surface area contributed by atoms with Crippen LogP contribution in [0.1, 0.15) is 35.2 Å². The van der Waals surface area contributed by atoms with E-state index in [0.717, 1.165) is 31.4 Å². The van der Waals surface area contributed by atoms with Gasteiger partial charge < -0.3 is 9.64 Å². The van der Waals surface area contributed by atoms with Crippen molar-refractivity contribution in [2.24, 2.45) is 0 Å². The van der Waals surface area contributed by atoms with Crippen LogP contribution >= 0.6 is 0 Å². The van der Waals surface area contributed by atoms with Gasteiger partial charge in [0.05, 0.1) is 10.5 Å². The van der Waals surface area contributed by atoms with E-state index in [4.69, 9.17) is 0 Å². The summed E-state index contributed by atoms with van der Waals surface area (Å²) in [5.41, 5.74) is 0.634. The van der Waals surface area contributed by atoms with Crippen LogP contribution < -0.4 is 4.74 Å². The number of benzene rings is 2. The van der Waals surface area contributed by atoms with E-state index in [1.165, 1.54) is 40.5 Å². The summed E-state index contributed by atoms with van der Waals surface area (Å²) in [4.78, 5) is 14.3. The van der Waals surface area contributed by atoms with Gasteiger partial charge in [0.15, 0.2) is 0 Å². The van der Waals surface area contributed by atoms with Gasteiger partial charge in [0.25, 0.3) is 5.91 Å². The summed E-state index contributed by atoms with van der Waals surface area (Å²) in [5, 5.41) is 0. The Hall–Kier alpha value is -2.59. The van der Waals surface area contributed by atoms with Gasteiger partial charge in [-0.15, -0.1) is 13.2 Å². The molecule has 0 aromatic heterocycles. The number of amides is 1. The summed E-state index contributed by atoms with van der Waals surface area (Å²) in [5.74, 6) is -0.852. The predicted molar refractivity (Wildman–Crippen MR) is 108 cm³/mol. The summed E-state index contributed by atoms with van der Waals surface area (Å²) in [6.45, 7) is 0.934. The standard InChI is InChI=1S/C21H23F3N2O4S/c1-25(15-16-9-11-17(12-10-16)30-21(22,23)24)20(27)18-7-3-4-8-19(18)31(28,29)26-13-5-2-6-14-26/h3-4,7-12H,2,5-6,13-15H2,1H3. The van der Waals surface area contributed by atoms with Gasteiger partial charge in [-0.3, -0.25) is 4.79 Å².